The van der Waals surface area contributed by atoms with Crippen LogP contribution in [0.2, 0.25) is 10.0 Å². The van der Waals surface area contributed by atoms with Crippen molar-refractivity contribution in [2.24, 2.45) is 0 Å². The molecule has 0 unspecified atom stereocenters. The SMILES string of the molecule is CCOC(=O)c1c(-c2ccc(OC)cc2)oc2ccc(OCc3ccc(Cl)c(Cl)c3)cc12. The topological polar surface area (TPSA) is 57.9 Å². The van der Waals surface area contributed by atoms with E-state index in [9.17, 15) is 4.79 Å². The second-order valence-electron chi connectivity index (χ2n) is 6.95. The Morgan fingerprint density at radius 1 is 0.938 bits per heavy atom. The van der Waals surface area contributed by atoms with Gasteiger partial charge in [-0.2, -0.15) is 0 Å². The summed E-state index contributed by atoms with van der Waals surface area (Å²) in [7, 11) is 1.60. The van der Waals surface area contributed by atoms with E-state index in [1.807, 2.05) is 30.3 Å². The van der Waals surface area contributed by atoms with Crippen LogP contribution in [-0.4, -0.2) is 19.7 Å². The second kappa shape index (κ2) is 9.55. The largest absolute Gasteiger partial charge is 0.497 e. The number of rotatable bonds is 7. The summed E-state index contributed by atoms with van der Waals surface area (Å²) in [5.41, 5.74) is 2.52. The fourth-order valence-electron chi connectivity index (χ4n) is 3.31. The summed E-state index contributed by atoms with van der Waals surface area (Å²) in [5.74, 6) is 1.26. The third-order valence-corrected chi connectivity index (χ3v) is 5.62. The summed E-state index contributed by atoms with van der Waals surface area (Å²) in [6, 6.07) is 17.9. The average molecular weight is 471 g/mol. The highest BCUT2D eigenvalue weighted by molar-refractivity contribution is 6.42. The molecule has 1 heterocycles. The Balaban J connectivity index is 1.71. The van der Waals surface area contributed by atoms with Crippen LogP contribution < -0.4 is 9.47 Å². The predicted octanol–water partition coefficient (Wildman–Crippen LogP) is 7.17. The van der Waals surface area contributed by atoms with Crippen LogP contribution in [-0.2, 0) is 11.3 Å². The molecule has 0 aliphatic carbocycles. The molecule has 0 amide bonds. The Morgan fingerprint density at radius 3 is 2.38 bits per heavy atom. The lowest BCUT2D eigenvalue weighted by molar-refractivity contribution is 0.0528. The first-order chi connectivity index (χ1) is 15.5. The smallest absolute Gasteiger partial charge is 0.342 e. The van der Waals surface area contributed by atoms with E-state index in [-0.39, 0.29) is 6.61 Å². The van der Waals surface area contributed by atoms with Crippen molar-refractivity contribution in [2.45, 2.75) is 13.5 Å². The second-order valence-corrected chi connectivity index (χ2v) is 7.76. The number of halogens is 2. The van der Waals surface area contributed by atoms with Crippen molar-refractivity contribution in [3.8, 4) is 22.8 Å². The number of methoxy groups -OCH3 is 1. The van der Waals surface area contributed by atoms with E-state index in [0.717, 1.165) is 11.1 Å². The van der Waals surface area contributed by atoms with E-state index in [1.165, 1.54) is 0 Å². The number of hydrogen-bond acceptors (Lipinski definition) is 5. The van der Waals surface area contributed by atoms with Crippen LogP contribution >= 0.6 is 23.2 Å². The maximum Gasteiger partial charge on any atom is 0.342 e. The lowest BCUT2D eigenvalue weighted by Crippen LogP contribution is -2.05. The van der Waals surface area contributed by atoms with Crippen LogP contribution in [0.15, 0.2) is 65.1 Å². The molecule has 0 spiro atoms. The van der Waals surface area contributed by atoms with Crippen LogP contribution in [0.5, 0.6) is 11.5 Å². The number of benzene rings is 3. The number of carbonyl (C=O) groups excluding carboxylic acids is 1. The minimum Gasteiger partial charge on any atom is -0.497 e. The summed E-state index contributed by atoms with van der Waals surface area (Å²) in [6.07, 6.45) is 0. The molecule has 4 rings (SSSR count). The molecule has 4 aromatic rings. The van der Waals surface area contributed by atoms with Crippen molar-refractivity contribution < 1.29 is 23.4 Å². The molecule has 0 fully saturated rings. The zero-order valence-electron chi connectivity index (χ0n) is 17.5. The molecule has 0 N–H and O–H groups in total. The van der Waals surface area contributed by atoms with E-state index in [2.05, 4.69) is 0 Å². The molecule has 0 radical (unpaired) electrons. The molecule has 1 aromatic heterocycles. The minimum absolute atomic E-state index is 0.251. The lowest BCUT2D eigenvalue weighted by Gasteiger charge is -2.08. The summed E-state index contributed by atoms with van der Waals surface area (Å²) >= 11 is 12.1. The molecular formula is C25H20Cl2O5. The maximum atomic E-state index is 12.8. The van der Waals surface area contributed by atoms with Gasteiger partial charge in [-0.1, -0.05) is 29.3 Å². The van der Waals surface area contributed by atoms with Gasteiger partial charge in [-0.05, 0) is 67.1 Å². The van der Waals surface area contributed by atoms with Gasteiger partial charge in [0, 0.05) is 10.9 Å². The quantitative estimate of drug-likeness (QED) is 0.268. The van der Waals surface area contributed by atoms with Gasteiger partial charge in [-0.25, -0.2) is 4.79 Å². The third kappa shape index (κ3) is 4.54. The summed E-state index contributed by atoms with van der Waals surface area (Å²) in [6.45, 7) is 2.31. The van der Waals surface area contributed by atoms with Gasteiger partial charge < -0.3 is 18.6 Å². The fourth-order valence-corrected chi connectivity index (χ4v) is 3.63. The Bertz CT molecular complexity index is 1260. The first-order valence-corrected chi connectivity index (χ1v) is 10.7. The monoisotopic (exact) mass is 470 g/mol. The molecule has 3 aromatic carbocycles. The van der Waals surface area contributed by atoms with Crippen LogP contribution in [0, 0.1) is 0 Å². The van der Waals surface area contributed by atoms with Crippen molar-refractivity contribution in [2.75, 3.05) is 13.7 Å². The highest BCUT2D eigenvalue weighted by Crippen LogP contribution is 2.37. The summed E-state index contributed by atoms with van der Waals surface area (Å²) in [4.78, 5) is 12.8. The molecule has 0 aliphatic heterocycles. The Morgan fingerprint density at radius 2 is 1.69 bits per heavy atom. The van der Waals surface area contributed by atoms with Crippen molar-refractivity contribution in [3.05, 3.63) is 81.8 Å². The Kier molecular flexibility index (Phi) is 6.58. The molecule has 5 nitrogen and oxygen atoms in total. The van der Waals surface area contributed by atoms with Crippen molar-refractivity contribution in [3.63, 3.8) is 0 Å². The molecule has 7 heteroatoms. The molecule has 0 saturated heterocycles. The molecular weight excluding hydrogens is 451 g/mol. The summed E-state index contributed by atoms with van der Waals surface area (Å²) in [5, 5.41) is 1.56. The zero-order chi connectivity index (χ0) is 22.7. The van der Waals surface area contributed by atoms with Gasteiger partial charge in [-0.15, -0.1) is 0 Å². The van der Waals surface area contributed by atoms with Crippen molar-refractivity contribution in [1.82, 2.24) is 0 Å². The van der Waals surface area contributed by atoms with Gasteiger partial charge in [0.15, 0.2) is 0 Å². The third-order valence-electron chi connectivity index (χ3n) is 4.88. The molecule has 32 heavy (non-hydrogen) atoms. The highest BCUT2D eigenvalue weighted by atomic mass is 35.5. The minimum atomic E-state index is -0.460. The standard InChI is InChI=1S/C25H20Cl2O5/c1-3-30-25(28)23-19-13-18(31-14-15-4-10-20(26)21(27)12-15)9-11-22(19)32-24(23)16-5-7-17(29-2)8-6-16/h4-13H,3,14H2,1-2H3. The van der Waals surface area contributed by atoms with Crippen molar-refractivity contribution >= 4 is 40.1 Å². The van der Waals surface area contributed by atoms with Crippen LogP contribution in [0.1, 0.15) is 22.8 Å². The first-order valence-electron chi connectivity index (χ1n) is 9.95. The number of esters is 1. The Hall–Kier alpha value is -3.15. The highest BCUT2D eigenvalue weighted by Gasteiger charge is 2.24. The van der Waals surface area contributed by atoms with Gasteiger partial charge in [0.2, 0.25) is 0 Å². The van der Waals surface area contributed by atoms with Crippen molar-refractivity contribution in [1.29, 1.82) is 0 Å². The molecule has 0 bridgehead atoms. The van der Waals surface area contributed by atoms with Gasteiger partial charge in [0.05, 0.1) is 23.8 Å². The Labute approximate surface area is 195 Å². The van der Waals surface area contributed by atoms with Crippen LogP contribution in [0.25, 0.3) is 22.3 Å². The van der Waals surface area contributed by atoms with E-state index in [4.69, 9.17) is 41.8 Å². The van der Waals surface area contributed by atoms with Gasteiger partial charge in [-0.3, -0.25) is 0 Å². The molecule has 0 saturated carbocycles. The number of fused-ring (bicyclic) bond motifs is 1. The average Bonchev–Trinajstić information content (AvgIpc) is 3.19. The van der Waals surface area contributed by atoms with Gasteiger partial charge in [0.25, 0.3) is 0 Å². The van der Waals surface area contributed by atoms with Gasteiger partial charge in [0.1, 0.15) is 35.0 Å². The summed E-state index contributed by atoms with van der Waals surface area (Å²) < 4.78 is 22.5. The van der Waals surface area contributed by atoms with Gasteiger partial charge >= 0.3 is 5.97 Å². The predicted molar refractivity (Wildman–Crippen MR) is 125 cm³/mol. The fraction of sp³-hybridized carbons (Fsp3) is 0.160. The number of carbonyl (C=O) groups is 1. The maximum absolute atomic E-state index is 12.8. The van der Waals surface area contributed by atoms with E-state index in [0.29, 0.717) is 50.4 Å². The normalized spacial score (nSPS) is 10.9. The number of ether oxygens (including phenoxy) is 3. The van der Waals surface area contributed by atoms with E-state index in [1.54, 1.807) is 44.4 Å². The zero-order valence-corrected chi connectivity index (χ0v) is 19.0. The van der Waals surface area contributed by atoms with E-state index >= 15 is 0 Å². The molecule has 0 aliphatic rings. The number of hydrogen-bond donors (Lipinski definition) is 0. The lowest BCUT2D eigenvalue weighted by atomic mass is 10.1. The first kappa shape index (κ1) is 22.1. The van der Waals surface area contributed by atoms with E-state index < -0.39 is 5.97 Å². The van der Waals surface area contributed by atoms with Crippen LogP contribution in [0.3, 0.4) is 0 Å². The molecule has 164 valence electrons. The number of furan rings is 1. The molecule has 0 atom stereocenters. The van der Waals surface area contributed by atoms with Crippen LogP contribution in [0.4, 0.5) is 0 Å².